The normalized spacial score (nSPS) is 10.6. The molecule has 6 heteroatoms. The van der Waals surface area contributed by atoms with Gasteiger partial charge < -0.3 is 5.11 Å². The summed E-state index contributed by atoms with van der Waals surface area (Å²) in [4.78, 5) is 0. The summed E-state index contributed by atoms with van der Waals surface area (Å²) in [6.45, 7) is -0.142. The third-order valence-electron chi connectivity index (χ3n) is 1.71. The summed E-state index contributed by atoms with van der Waals surface area (Å²) in [5, 5.41) is 20.5. The van der Waals surface area contributed by atoms with Crippen molar-refractivity contribution in [3.63, 3.8) is 0 Å². The van der Waals surface area contributed by atoms with E-state index in [2.05, 4.69) is 15.3 Å². The highest BCUT2D eigenvalue weighted by molar-refractivity contribution is 5.20. The Labute approximate surface area is 74.4 Å². The van der Waals surface area contributed by atoms with Crippen molar-refractivity contribution < 1.29 is 5.11 Å². The molecule has 0 aliphatic heterocycles. The lowest BCUT2D eigenvalue weighted by Crippen LogP contribution is -2.01. The van der Waals surface area contributed by atoms with Gasteiger partial charge in [0, 0.05) is 19.3 Å². The van der Waals surface area contributed by atoms with Gasteiger partial charge in [0.1, 0.15) is 12.9 Å². The average molecular weight is 179 g/mol. The van der Waals surface area contributed by atoms with Crippen molar-refractivity contribution in [3.05, 3.63) is 24.4 Å². The molecule has 0 saturated heterocycles. The zero-order chi connectivity index (χ0) is 9.26. The van der Waals surface area contributed by atoms with Crippen LogP contribution in [0.2, 0.25) is 0 Å². The van der Waals surface area contributed by atoms with E-state index in [0.717, 1.165) is 0 Å². The minimum absolute atomic E-state index is 0.142. The van der Waals surface area contributed by atoms with Crippen LogP contribution in [0.25, 0.3) is 5.82 Å². The van der Waals surface area contributed by atoms with Crippen LogP contribution in [0.1, 0.15) is 5.82 Å². The lowest BCUT2D eigenvalue weighted by atomic mass is 10.5. The van der Waals surface area contributed by atoms with E-state index in [4.69, 9.17) is 5.11 Å². The largest absolute Gasteiger partial charge is 0.388 e. The van der Waals surface area contributed by atoms with Gasteiger partial charge in [-0.25, -0.2) is 0 Å². The van der Waals surface area contributed by atoms with Crippen LogP contribution in [-0.2, 0) is 13.7 Å². The summed E-state index contributed by atoms with van der Waals surface area (Å²) >= 11 is 0. The van der Waals surface area contributed by atoms with Gasteiger partial charge in [0.2, 0.25) is 0 Å². The van der Waals surface area contributed by atoms with Gasteiger partial charge >= 0.3 is 0 Å². The Bertz CT molecular complexity index is 404. The summed E-state index contributed by atoms with van der Waals surface area (Å²) in [5.41, 5.74) is 0. The number of nitrogens with zero attached hydrogens (tertiary/aromatic N) is 5. The molecule has 0 unspecified atom stereocenters. The molecule has 0 bridgehead atoms. The Morgan fingerprint density at radius 2 is 2.38 bits per heavy atom. The molecule has 0 aromatic carbocycles. The van der Waals surface area contributed by atoms with E-state index in [1.54, 1.807) is 9.25 Å². The van der Waals surface area contributed by atoms with E-state index in [9.17, 15) is 0 Å². The highest BCUT2D eigenvalue weighted by Crippen LogP contribution is 2.05. The number of aromatic nitrogens is 5. The zero-order valence-corrected chi connectivity index (χ0v) is 7.12. The Morgan fingerprint density at radius 1 is 1.54 bits per heavy atom. The first-order valence-electron chi connectivity index (χ1n) is 3.81. The second-order valence-electron chi connectivity index (χ2n) is 2.62. The molecule has 2 rings (SSSR count). The molecule has 0 aliphatic rings. The molecular weight excluding hydrogens is 170 g/mol. The summed E-state index contributed by atoms with van der Waals surface area (Å²) in [6.07, 6.45) is 3.34. The van der Waals surface area contributed by atoms with Gasteiger partial charge in [0.15, 0.2) is 11.6 Å². The molecule has 0 aliphatic carbocycles. The number of hydrogen-bond acceptors (Lipinski definition) is 4. The quantitative estimate of drug-likeness (QED) is 0.674. The minimum atomic E-state index is -0.142. The van der Waals surface area contributed by atoms with Crippen LogP contribution in [0.3, 0.4) is 0 Å². The number of aryl methyl sites for hydroxylation is 1. The molecule has 0 atom stereocenters. The Morgan fingerprint density at radius 3 is 3.00 bits per heavy atom. The number of aliphatic hydroxyl groups is 1. The highest BCUT2D eigenvalue weighted by atomic mass is 16.3. The first kappa shape index (κ1) is 7.93. The van der Waals surface area contributed by atoms with Crippen LogP contribution in [0.4, 0.5) is 0 Å². The smallest absolute Gasteiger partial charge is 0.164 e. The van der Waals surface area contributed by atoms with E-state index >= 15 is 0 Å². The first-order valence-corrected chi connectivity index (χ1v) is 3.81. The molecule has 0 fully saturated rings. The van der Waals surface area contributed by atoms with E-state index in [-0.39, 0.29) is 6.61 Å². The van der Waals surface area contributed by atoms with Crippen LogP contribution < -0.4 is 0 Å². The lowest BCUT2D eigenvalue weighted by Gasteiger charge is -1.98. The fourth-order valence-corrected chi connectivity index (χ4v) is 1.09. The third-order valence-corrected chi connectivity index (χ3v) is 1.71. The van der Waals surface area contributed by atoms with Crippen molar-refractivity contribution in [2.24, 2.45) is 7.05 Å². The Kier molecular flexibility index (Phi) is 1.82. The SMILES string of the molecule is Cn1ccc(-n2cnnc2CO)n1. The number of aliphatic hydroxyl groups excluding tert-OH is 1. The van der Waals surface area contributed by atoms with E-state index < -0.39 is 0 Å². The second-order valence-corrected chi connectivity index (χ2v) is 2.62. The molecule has 13 heavy (non-hydrogen) atoms. The van der Waals surface area contributed by atoms with Gasteiger partial charge in [0.05, 0.1) is 0 Å². The van der Waals surface area contributed by atoms with Gasteiger partial charge in [-0.05, 0) is 0 Å². The van der Waals surface area contributed by atoms with Crippen LogP contribution in [-0.4, -0.2) is 29.7 Å². The van der Waals surface area contributed by atoms with Gasteiger partial charge in [0.25, 0.3) is 0 Å². The predicted octanol–water partition coefficient (Wildman–Crippen LogP) is -0.507. The molecule has 2 heterocycles. The van der Waals surface area contributed by atoms with Crippen LogP contribution >= 0.6 is 0 Å². The molecular formula is C7H9N5O. The van der Waals surface area contributed by atoms with Gasteiger partial charge in [-0.1, -0.05) is 0 Å². The van der Waals surface area contributed by atoms with Crippen molar-refractivity contribution >= 4 is 0 Å². The molecule has 6 nitrogen and oxygen atoms in total. The Hall–Kier alpha value is -1.69. The average Bonchev–Trinajstić information content (AvgIpc) is 2.71. The maximum Gasteiger partial charge on any atom is 0.164 e. The Balaban J connectivity index is 2.45. The standard InChI is InChI=1S/C7H9N5O/c1-11-3-2-6(10-11)12-5-8-9-7(12)4-13/h2-3,5,13H,4H2,1H3. The van der Waals surface area contributed by atoms with Gasteiger partial charge in [-0.15, -0.1) is 10.2 Å². The highest BCUT2D eigenvalue weighted by Gasteiger charge is 2.06. The summed E-state index contributed by atoms with van der Waals surface area (Å²) in [6, 6.07) is 1.82. The third kappa shape index (κ3) is 1.31. The van der Waals surface area contributed by atoms with Crippen molar-refractivity contribution in [2.75, 3.05) is 0 Å². The molecule has 0 saturated carbocycles. The van der Waals surface area contributed by atoms with Crippen molar-refractivity contribution in [1.82, 2.24) is 24.5 Å². The van der Waals surface area contributed by atoms with E-state index in [1.807, 2.05) is 19.3 Å². The zero-order valence-electron chi connectivity index (χ0n) is 7.12. The summed E-state index contributed by atoms with van der Waals surface area (Å²) < 4.78 is 3.32. The van der Waals surface area contributed by atoms with Gasteiger partial charge in [-0.2, -0.15) is 5.10 Å². The fourth-order valence-electron chi connectivity index (χ4n) is 1.09. The monoisotopic (exact) mass is 179 g/mol. The molecule has 0 spiro atoms. The number of rotatable bonds is 2. The van der Waals surface area contributed by atoms with Crippen molar-refractivity contribution in [1.29, 1.82) is 0 Å². The minimum Gasteiger partial charge on any atom is -0.388 e. The summed E-state index contributed by atoms with van der Waals surface area (Å²) in [7, 11) is 1.83. The van der Waals surface area contributed by atoms with Crippen LogP contribution in [0.5, 0.6) is 0 Å². The molecule has 2 aromatic rings. The lowest BCUT2D eigenvalue weighted by molar-refractivity contribution is 0.268. The predicted molar refractivity (Wildman–Crippen MR) is 44.0 cm³/mol. The topological polar surface area (TPSA) is 68.8 Å². The van der Waals surface area contributed by atoms with Gasteiger partial charge in [-0.3, -0.25) is 9.25 Å². The van der Waals surface area contributed by atoms with Crippen molar-refractivity contribution in [2.45, 2.75) is 6.61 Å². The summed E-state index contributed by atoms with van der Waals surface area (Å²) in [5.74, 6) is 1.19. The second kappa shape index (κ2) is 2.98. The number of hydrogen-bond donors (Lipinski definition) is 1. The van der Waals surface area contributed by atoms with Crippen LogP contribution in [0.15, 0.2) is 18.6 Å². The molecule has 68 valence electrons. The van der Waals surface area contributed by atoms with Crippen LogP contribution in [0, 0.1) is 0 Å². The van der Waals surface area contributed by atoms with E-state index in [0.29, 0.717) is 11.6 Å². The fraction of sp³-hybridized carbons (Fsp3) is 0.286. The first-order chi connectivity index (χ1) is 6.31. The van der Waals surface area contributed by atoms with Crippen molar-refractivity contribution in [3.8, 4) is 5.82 Å². The maximum absolute atomic E-state index is 8.92. The molecule has 2 aromatic heterocycles. The molecule has 0 radical (unpaired) electrons. The molecule has 1 N–H and O–H groups in total. The molecule has 0 amide bonds. The maximum atomic E-state index is 8.92. The van der Waals surface area contributed by atoms with E-state index in [1.165, 1.54) is 6.33 Å².